The maximum Gasteiger partial charge on any atom is 0.314 e. The number of aliphatic carboxylic acids is 1. The van der Waals surface area contributed by atoms with Crippen LogP contribution in [0.2, 0.25) is 5.02 Å². The molecule has 18 heavy (non-hydrogen) atoms. The molecule has 0 spiro atoms. The van der Waals surface area contributed by atoms with Gasteiger partial charge in [0.1, 0.15) is 0 Å². The first-order chi connectivity index (χ1) is 8.47. The zero-order valence-electron chi connectivity index (χ0n) is 10.9. The molecule has 0 atom stereocenters. The SMILES string of the molecule is Cc1cc(C2(C(=O)O)CCCCC2)cc(Cl)c1C. The summed E-state index contributed by atoms with van der Waals surface area (Å²) in [4.78, 5) is 11.7. The van der Waals surface area contributed by atoms with Gasteiger partial charge in [0.2, 0.25) is 0 Å². The quantitative estimate of drug-likeness (QED) is 0.869. The number of hydrogen-bond acceptors (Lipinski definition) is 1. The summed E-state index contributed by atoms with van der Waals surface area (Å²) in [5, 5.41) is 10.3. The molecule has 0 radical (unpaired) electrons. The number of carboxylic acids is 1. The van der Waals surface area contributed by atoms with Gasteiger partial charge in [-0.05, 0) is 49.4 Å². The highest BCUT2D eigenvalue weighted by Gasteiger charge is 2.41. The van der Waals surface area contributed by atoms with E-state index >= 15 is 0 Å². The molecular weight excluding hydrogens is 248 g/mol. The third kappa shape index (κ3) is 2.14. The second kappa shape index (κ2) is 4.93. The molecule has 0 aliphatic heterocycles. The van der Waals surface area contributed by atoms with E-state index in [-0.39, 0.29) is 0 Å². The van der Waals surface area contributed by atoms with Crippen molar-refractivity contribution in [3.8, 4) is 0 Å². The fourth-order valence-electron chi connectivity index (χ4n) is 2.87. The van der Waals surface area contributed by atoms with Crippen molar-refractivity contribution in [3.63, 3.8) is 0 Å². The minimum atomic E-state index is -0.722. The standard InChI is InChI=1S/C15H19ClO2/c1-10-8-12(9-13(16)11(10)2)15(14(17)18)6-4-3-5-7-15/h8-9H,3-7H2,1-2H3,(H,17,18). The van der Waals surface area contributed by atoms with Crippen LogP contribution < -0.4 is 0 Å². The highest BCUT2D eigenvalue weighted by atomic mass is 35.5. The number of carboxylic acid groups (broad SMARTS) is 1. The summed E-state index contributed by atoms with van der Waals surface area (Å²) in [6.07, 6.45) is 4.55. The highest BCUT2D eigenvalue weighted by molar-refractivity contribution is 6.31. The van der Waals surface area contributed by atoms with Gasteiger partial charge in [-0.25, -0.2) is 0 Å². The Labute approximate surface area is 113 Å². The van der Waals surface area contributed by atoms with Crippen LogP contribution in [0, 0.1) is 13.8 Å². The Morgan fingerprint density at radius 2 is 1.83 bits per heavy atom. The average molecular weight is 267 g/mol. The van der Waals surface area contributed by atoms with Gasteiger partial charge in [0.15, 0.2) is 0 Å². The van der Waals surface area contributed by atoms with Crippen molar-refractivity contribution in [2.75, 3.05) is 0 Å². The Morgan fingerprint density at radius 1 is 1.22 bits per heavy atom. The van der Waals surface area contributed by atoms with Crippen LogP contribution in [0.4, 0.5) is 0 Å². The summed E-state index contributed by atoms with van der Waals surface area (Å²) < 4.78 is 0. The Morgan fingerprint density at radius 3 is 2.33 bits per heavy atom. The Bertz CT molecular complexity index is 450. The molecular formula is C15H19ClO2. The van der Waals surface area contributed by atoms with Crippen LogP contribution in [0.5, 0.6) is 0 Å². The fourth-order valence-corrected chi connectivity index (χ4v) is 3.14. The molecule has 1 aromatic rings. The lowest BCUT2D eigenvalue weighted by molar-refractivity contribution is -0.145. The van der Waals surface area contributed by atoms with Crippen molar-refractivity contribution in [3.05, 3.63) is 33.8 Å². The van der Waals surface area contributed by atoms with Gasteiger partial charge in [0, 0.05) is 5.02 Å². The molecule has 1 N–H and O–H groups in total. The fraction of sp³-hybridized carbons (Fsp3) is 0.533. The van der Waals surface area contributed by atoms with E-state index < -0.39 is 11.4 Å². The van der Waals surface area contributed by atoms with Crippen LogP contribution in [-0.2, 0) is 10.2 Å². The number of halogens is 1. The van der Waals surface area contributed by atoms with Gasteiger partial charge in [0.05, 0.1) is 5.41 Å². The van der Waals surface area contributed by atoms with Gasteiger partial charge in [0.25, 0.3) is 0 Å². The molecule has 0 amide bonds. The van der Waals surface area contributed by atoms with Gasteiger partial charge in [-0.3, -0.25) is 4.79 Å². The largest absolute Gasteiger partial charge is 0.481 e. The van der Waals surface area contributed by atoms with Gasteiger partial charge in [-0.1, -0.05) is 36.9 Å². The molecule has 3 heteroatoms. The second-order valence-electron chi connectivity index (χ2n) is 5.35. The smallest absolute Gasteiger partial charge is 0.314 e. The molecule has 0 saturated heterocycles. The number of hydrogen-bond donors (Lipinski definition) is 1. The number of benzene rings is 1. The molecule has 1 fully saturated rings. The predicted octanol–water partition coefficient (Wildman–Crippen LogP) is 4.24. The van der Waals surface area contributed by atoms with Crippen molar-refractivity contribution < 1.29 is 9.90 Å². The van der Waals surface area contributed by atoms with E-state index in [0.717, 1.165) is 48.8 Å². The van der Waals surface area contributed by atoms with Crippen molar-refractivity contribution in [1.29, 1.82) is 0 Å². The number of rotatable bonds is 2. The Hall–Kier alpha value is -1.02. The second-order valence-corrected chi connectivity index (χ2v) is 5.76. The third-order valence-electron chi connectivity index (χ3n) is 4.27. The van der Waals surface area contributed by atoms with Crippen LogP contribution in [0.25, 0.3) is 0 Å². The minimum absolute atomic E-state index is 0.677. The van der Waals surface area contributed by atoms with Crippen molar-refractivity contribution in [1.82, 2.24) is 0 Å². The summed E-state index contributed by atoms with van der Waals surface area (Å²) in [6, 6.07) is 3.85. The zero-order valence-corrected chi connectivity index (χ0v) is 11.7. The molecule has 1 aromatic carbocycles. The minimum Gasteiger partial charge on any atom is -0.481 e. The van der Waals surface area contributed by atoms with Crippen LogP contribution >= 0.6 is 11.6 Å². The lowest BCUT2D eigenvalue weighted by atomic mass is 9.69. The molecule has 2 nitrogen and oxygen atoms in total. The van der Waals surface area contributed by atoms with Crippen molar-refractivity contribution >= 4 is 17.6 Å². The van der Waals surface area contributed by atoms with Crippen LogP contribution in [0.15, 0.2) is 12.1 Å². The van der Waals surface area contributed by atoms with E-state index in [4.69, 9.17) is 11.6 Å². The summed E-state index contributed by atoms with van der Waals surface area (Å²) in [6.45, 7) is 3.96. The van der Waals surface area contributed by atoms with Gasteiger partial charge in [-0.2, -0.15) is 0 Å². The van der Waals surface area contributed by atoms with E-state index in [1.165, 1.54) is 0 Å². The number of aryl methyl sites for hydroxylation is 1. The van der Waals surface area contributed by atoms with Crippen LogP contribution in [-0.4, -0.2) is 11.1 Å². The van der Waals surface area contributed by atoms with Gasteiger partial charge >= 0.3 is 5.97 Å². The molecule has 0 unspecified atom stereocenters. The van der Waals surface area contributed by atoms with E-state index in [1.807, 2.05) is 26.0 Å². The van der Waals surface area contributed by atoms with Crippen LogP contribution in [0.1, 0.15) is 48.8 Å². The molecule has 0 bridgehead atoms. The van der Waals surface area contributed by atoms with Crippen molar-refractivity contribution in [2.24, 2.45) is 0 Å². The first-order valence-corrected chi connectivity index (χ1v) is 6.86. The van der Waals surface area contributed by atoms with E-state index in [1.54, 1.807) is 0 Å². The molecule has 98 valence electrons. The molecule has 0 aromatic heterocycles. The molecule has 0 heterocycles. The van der Waals surface area contributed by atoms with E-state index in [2.05, 4.69) is 0 Å². The van der Waals surface area contributed by atoms with E-state index in [9.17, 15) is 9.90 Å². The first kappa shape index (κ1) is 13.4. The van der Waals surface area contributed by atoms with Crippen LogP contribution in [0.3, 0.4) is 0 Å². The lowest BCUT2D eigenvalue weighted by Crippen LogP contribution is -2.37. The summed E-state index contributed by atoms with van der Waals surface area (Å²) in [5.41, 5.74) is 2.27. The monoisotopic (exact) mass is 266 g/mol. The average Bonchev–Trinajstić information content (AvgIpc) is 2.36. The maximum absolute atomic E-state index is 11.7. The third-order valence-corrected chi connectivity index (χ3v) is 4.67. The van der Waals surface area contributed by atoms with Crippen molar-refractivity contribution in [2.45, 2.75) is 51.4 Å². The van der Waals surface area contributed by atoms with Gasteiger partial charge in [-0.15, -0.1) is 0 Å². The van der Waals surface area contributed by atoms with E-state index in [0.29, 0.717) is 5.02 Å². The highest BCUT2D eigenvalue weighted by Crippen LogP contribution is 2.41. The maximum atomic E-state index is 11.7. The molecule has 2 rings (SSSR count). The summed E-state index contributed by atoms with van der Waals surface area (Å²) in [5.74, 6) is -0.707. The topological polar surface area (TPSA) is 37.3 Å². The summed E-state index contributed by atoms with van der Waals surface area (Å²) in [7, 11) is 0. The predicted molar refractivity (Wildman–Crippen MR) is 73.3 cm³/mol. The normalized spacial score (nSPS) is 18.6. The molecule has 1 aliphatic carbocycles. The lowest BCUT2D eigenvalue weighted by Gasteiger charge is -2.34. The molecule has 1 aliphatic rings. The Balaban J connectivity index is 2.52. The number of carbonyl (C=O) groups is 1. The summed E-state index contributed by atoms with van der Waals surface area (Å²) >= 11 is 6.21. The molecule has 1 saturated carbocycles. The zero-order chi connectivity index (χ0) is 13.3. The Kier molecular flexibility index (Phi) is 3.67. The first-order valence-electron chi connectivity index (χ1n) is 6.48. The van der Waals surface area contributed by atoms with Gasteiger partial charge < -0.3 is 5.11 Å².